The summed E-state index contributed by atoms with van der Waals surface area (Å²) in [5, 5.41) is 0. The molecule has 0 unspecified atom stereocenters. The van der Waals surface area contributed by atoms with Gasteiger partial charge >= 0.3 is 0 Å². The summed E-state index contributed by atoms with van der Waals surface area (Å²) in [4.78, 5) is 16.4. The zero-order valence-electron chi connectivity index (χ0n) is 12.4. The maximum atomic E-state index is 12.4. The fraction of sp³-hybridized carbons (Fsp3) is 0.158. The molecule has 0 fully saturated rings. The largest absolute Gasteiger partial charge is 0.330 e. The molecule has 1 heterocycles. The highest BCUT2D eigenvalue weighted by Crippen LogP contribution is 2.37. The van der Waals surface area contributed by atoms with Crippen LogP contribution in [0.1, 0.15) is 27.0 Å². The molecule has 3 nitrogen and oxygen atoms in total. The van der Waals surface area contributed by atoms with E-state index < -0.39 is 0 Å². The van der Waals surface area contributed by atoms with Crippen molar-refractivity contribution in [2.24, 2.45) is 0 Å². The molecule has 3 heteroatoms. The van der Waals surface area contributed by atoms with Gasteiger partial charge in [0.2, 0.25) is 0 Å². The van der Waals surface area contributed by atoms with E-state index in [9.17, 15) is 4.79 Å². The van der Waals surface area contributed by atoms with Gasteiger partial charge in [-0.15, -0.1) is 0 Å². The summed E-state index contributed by atoms with van der Waals surface area (Å²) in [5.41, 5.74) is 7.21. The van der Waals surface area contributed by atoms with E-state index in [1.54, 1.807) is 17.1 Å². The third-order valence-electron chi connectivity index (χ3n) is 4.25. The third kappa shape index (κ3) is 2.15. The second kappa shape index (κ2) is 4.95. The van der Waals surface area contributed by atoms with Crippen LogP contribution in [-0.4, -0.2) is 15.3 Å². The molecular formula is C19H16N2O. The van der Waals surface area contributed by atoms with E-state index in [2.05, 4.69) is 36.2 Å². The maximum Gasteiger partial charge on any atom is 0.182 e. The highest BCUT2D eigenvalue weighted by atomic mass is 16.1. The Kier molecular flexibility index (Phi) is 2.93. The summed E-state index contributed by atoms with van der Waals surface area (Å²) in [6.07, 6.45) is 6.08. The molecule has 2 aromatic carbocycles. The summed E-state index contributed by atoms with van der Waals surface area (Å²) in [6.45, 7) is 2.45. The molecule has 0 saturated carbocycles. The number of hydrogen-bond donors (Lipinski definition) is 0. The second-order valence-corrected chi connectivity index (χ2v) is 5.87. The van der Waals surface area contributed by atoms with E-state index in [1.807, 2.05) is 18.3 Å². The molecule has 0 bridgehead atoms. The summed E-state index contributed by atoms with van der Waals surface area (Å²) in [7, 11) is 0. The molecule has 0 amide bonds. The molecule has 0 radical (unpaired) electrons. The number of rotatable bonds is 3. The van der Waals surface area contributed by atoms with Gasteiger partial charge in [-0.3, -0.25) is 4.79 Å². The van der Waals surface area contributed by atoms with E-state index in [-0.39, 0.29) is 5.78 Å². The van der Waals surface area contributed by atoms with Crippen molar-refractivity contribution in [1.82, 2.24) is 9.55 Å². The molecule has 0 aliphatic heterocycles. The molecule has 1 aliphatic rings. The number of benzene rings is 2. The number of imidazole rings is 1. The van der Waals surface area contributed by atoms with Crippen LogP contribution < -0.4 is 0 Å². The van der Waals surface area contributed by atoms with Gasteiger partial charge in [-0.2, -0.15) is 0 Å². The van der Waals surface area contributed by atoms with Crippen LogP contribution in [0.25, 0.3) is 11.1 Å². The highest BCUT2D eigenvalue weighted by molar-refractivity contribution is 5.97. The topological polar surface area (TPSA) is 34.9 Å². The van der Waals surface area contributed by atoms with E-state index in [1.165, 1.54) is 27.8 Å². The molecule has 1 aliphatic carbocycles. The number of hydrogen-bond acceptors (Lipinski definition) is 2. The Labute approximate surface area is 129 Å². The average Bonchev–Trinajstić information content (AvgIpc) is 3.13. The van der Waals surface area contributed by atoms with Crippen LogP contribution in [0.15, 0.2) is 55.1 Å². The molecule has 1 aromatic heterocycles. The quantitative estimate of drug-likeness (QED) is 0.539. The molecule has 3 aromatic rings. The van der Waals surface area contributed by atoms with Crippen LogP contribution in [0.3, 0.4) is 0 Å². The van der Waals surface area contributed by atoms with Gasteiger partial charge in [-0.05, 0) is 41.7 Å². The zero-order chi connectivity index (χ0) is 15.1. The first-order valence-electron chi connectivity index (χ1n) is 7.42. The second-order valence-electron chi connectivity index (χ2n) is 5.87. The Hall–Kier alpha value is -2.68. The fourth-order valence-electron chi connectivity index (χ4n) is 3.11. The third-order valence-corrected chi connectivity index (χ3v) is 4.25. The summed E-state index contributed by atoms with van der Waals surface area (Å²) < 4.78 is 1.80. The number of carbonyl (C=O) groups is 1. The van der Waals surface area contributed by atoms with Crippen molar-refractivity contribution in [3.63, 3.8) is 0 Å². The van der Waals surface area contributed by atoms with Crippen LogP contribution in [0, 0.1) is 6.92 Å². The molecule has 0 N–H and O–H groups in total. The Bertz CT molecular complexity index is 863. The van der Waals surface area contributed by atoms with E-state index in [0.717, 1.165) is 12.0 Å². The summed E-state index contributed by atoms with van der Waals surface area (Å²) in [5.74, 6) is 0.118. The number of carbonyl (C=O) groups excluding carboxylic acids is 1. The van der Waals surface area contributed by atoms with Gasteiger partial charge in [-0.25, -0.2) is 4.98 Å². The lowest BCUT2D eigenvalue weighted by molar-refractivity contribution is 0.0972. The lowest BCUT2D eigenvalue weighted by Crippen LogP contribution is -2.09. The van der Waals surface area contributed by atoms with Crippen LogP contribution in [0.4, 0.5) is 0 Å². The van der Waals surface area contributed by atoms with Crippen LogP contribution >= 0.6 is 0 Å². The minimum Gasteiger partial charge on any atom is -0.330 e. The molecule has 0 saturated heterocycles. The van der Waals surface area contributed by atoms with Crippen molar-refractivity contribution in [3.8, 4) is 11.1 Å². The first kappa shape index (κ1) is 13.0. The molecule has 0 atom stereocenters. The minimum atomic E-state index is 0.118. The molecule has 0 spiro atoms. The van der Waals surface area contributed by atoms with Crippen LogP contribution in [0.5, 0.6) is 0 Å². The van der Waals surface area contributed by atoms with Crippen LogP contribution in [-0.2, 0) is 13.0 Å². The highest BCUT2D eigenvalue weighted by Gasteiger charge is 2.19. The summed E-state index contributed by atoms with van der Waals surface area (Å²) >= 11 is 0. The average molecular weight is 288 g/mol. The van der Waals surface area contributed by atoms with E-state index in [4.69, 9.17) is 0 Å². The Morgan fingerprint density at radius 2 is 2.05 bits per heavy atom. The van der Waals surface area contributed by atoms with Crippen molar-refractivity contribution in [1.29, 1.82) is 0 Å². The van der Waals surface area contributed by atoms with Crippen molar-refractivity contribution < 1.29 is 4.79 Å². The van der Waals surface area contributed by atoms with Gasteiger partial charge in [0.1, 0.15) is 0 Å². The number of aryl methyl sites for hydroxylation is 1. The van der Waals surface area contributed by atoms with Gasteiger partial charge in [0.05, 0.1) is 12.9 Å². The first-order valence-corrected chi connectivity index (χ1v) is 7.42. The van der Waals surface area contributed by atoms with Crippen molar-refractivity contribution in [3.05, 3.63) is 77.4 Å². The smallest absolute Gasteiger partial charge is 0.182 e. The Morgan fingerprint density at radius 3 is 2.86 bits per heavy atom. The molecule has 4 rings (SSSR count). The van der Waals surface area contributed by atoms with Gasteiger partial charge < -0.3 is 4.57 Å². The van der Waals surface area contributed by atoms with Crippen LogP contribution in [0.2, 0.25) is 0 Å². The monoisotopic (exact) mass is 288 g/mol. The zero-order valence-corrected chi connectivity index (χ0v) is 12.4. The normalized spacial score (nSPS) is 12.0. The fourth-order valence-corrected chi connectivity index (χ4v) is 3.11. The predicted octanol–water partition coefficient (Wildman–Crippen LogP) is 3.65. The lowest BCUT2D eigenvalue weighted by atomic mass is 10.0. The Morgan fingerprint density at radius 1 is 1.14 bits per heavy atom. The van der Waals surface area contributed by atoms with Gasteiger partial charge in [-0.1, -0.05) is 35.9 Å². The minimum absolute atomic E-state index is 0.118. The SMILES string of the molecule is Cc1ccc2c(c1)-c1ccc(C(=O)Cn3ccnc3)cc1C2. The number of Topliss-reactive ketones (excluding diaryl/α,β-unsaturated/α-hetero) is 1. The number of aromatic nitrogens is 2. The lowest BCUT2D eigenvalue weighted by Gasteiger charge is -2.06. The maximum absolute atomic E-state index is 12.4. The Balaban J connectivity index is 1.66. The van der Waals surface area contributed by atoms with Crippen molar-refractivity contribution in [2.45, 2.75) is 19.9 Å². The summed E-state index contributed by atoms with van der Waals surface area (Å²) in [6, 6.07) is 12.6. The number of fused-ring (bicyclic) bond motifs is 3. The van der Waals surface area contributed by atoms with E-state index in [0.29, 0.717) is 6.54 Å². The van der Waals surface area contributed by atoms with Crippen molar-refractivity contribution >= 4 is 5.78 Å². The standard InChI is InChI=1S/C19H16N2O/c1-13-2-3-14-9-16-10-15(4-5-17(16)18(14)8-13)19(22)11-21-7-6-20-12-21/h2-8,10,12H,9,11H2,1H3. The van der Waals surface area contributed by atoms with Gasteiger partial charge in [0, 0.05) is 18.0 Å². The molecule has 108 valence electrons. The molecular weight excluding hydrogens is 272 g/mol. The van der Waals surface area contributed by atoms with Gasteiger partial charge in [0.15, 0.2) is 5.78 Å². The predicted molar refractivity (Wildman–Crippen MR) is 86.0 cm³/mol. The number of nitrogens with zero attached hydrogens (tertiary/aromatic N) is 2. The van der Waals surface area contributed by atoms with E-state index >= 15 is 0 Å². The first-order chi connectivity index (χ1) is 10.7. The molecule has 22 heavy (non-hydrogen) atoms. The van der Waals surface area contributed by atoms with Gasteiger partial charge in [0.25, 0.3) is 0 Å². The number of ketones is 1. The van der Waals surface area contributed by atoms with Crippen molar-refractivity contribution in [2.75, 3.05) is 0 Å².